The highest BCUT2D eigenvalue weighted by atomic mass is 16.4. The van der Waals surface area contributed by atoms with Gasteiger partial charge in [-0.2, -0.15) is 0 Å². The Kier molecular flexibility index (Phi) is 4.18. The molecule has 4 nitrogen and oxygen atoms in total. The number of nitrogens with one attached hydrogen (secondary N) is 1. The fourth-order valence-corrected chi connectivity index (χ4v) is 2.37. The average molecular weight is 226 g/mol. The van der Waals surface area contributed by atoms with Crippen molar-refractivity contribution in [2.45, 2.75) is 38.1 Å². The molecule has 16 heavy (non-hydrogen) atoms. The van der Waals surface area contributed by atoms with Crippen LogP contribution in [0.1, 0.15) is 32.1 Å². The second-order valence-electron chi connectivity index (χ2n) is 5.12. The summed E-state index contributed by atoms with van der Waals surface area (Å²) in [5.41, 5.74) is 0. The van der Waals surface area contributed by atoms with Gasteiger partial charge in [0.1, 0.15) is 0 Å². The normalized spacial score (nSPS) is 23.5. The van der Waals surface area contributed by atoms with Crippen molar-refractivity contribution in [3.63, 3.8) is 0 Å². The highest BCUT2D eigenvalue weighted by Crippen LogP contribution is 2.30. The van der Waals surface area contributed by atoms with Gasteiger partial charge >= 0.3 is 5.97 Å². The standard InChI is InChI=1S/C12H22N2O2/c15-12(16)3-6-13-11-4-7-14(8-5-11)9-10-1-2-10/h10-11,13H,1-9H2,(H,15,16). The molecule has 0 atom stereocenters. The SMILES string of the molecule is O=C(O)CCNC1CCN(CC2CC2)CC1. The average Bonchev–Trinajstić information content (AvgIpc) is 3.04. The van der Waals surface area contributed by atoms with Crippen LogP contribution < -0.4 is 5.32 Å². The fourth-order valence-electron chi connectivity index (χ4n) is 2.37. The minimum absolute atomic E-state index is 0.238. The Hall–Kier alpha value is -0.610. The van der Waals surface area contributed by atoms with E-state index in [4.69, 9.17) is 5.11 Å². The first-order valence-electron chi connectivity index (χ1n) is 6.41. The predicted molar refractivity (Wildman–Crippen MR) is 62.4 cm³/mol. The van der Waals surface area contributed by atoms with Crippen LogP contribution in [0.5, 0.6) is 0 Å². The Morgan fingerprint density at radius 2 is 1.94 bits per heavy atom. The number of piperidine rings is 1. The van der Waals surface area contributed by atoms with Crippen molar-refractivity contribution in [1.82, 2.24) is 10.2 Å². The molecule has 1 aliphatic carbocycles. The van der Waals surface area contributed by atoms with E-state index in [2.05, 4.69) is 10.2 Å². The Morgan fingerprint density at radius 1 is 1.25 bits per heavy atom. The third-order valence-electron chi connectivity index (χ3n) is 3.57. The summed E-state index contributed by atoms with van der Waals surface area (Å²) in [4.78, 5) is 12.9. The third-order valence-corrected chi connectivity index (χ3v) is 3.57. The zero-order valence-electron chi connectivity index (χ0n) is 9.82. The second kappa shape index (κ2) is 5.64. The van der Waals surface area contributed by atoms with E-state index in [9.17, 15) is 4.79 Å². The summed E-state index contributed by atoms with van der Waals surface area (Å²) in [5, 5.41) is 11.9. The van der Waals surface area contributed by atoms with Crippen molar-refractivity contribution in [1.29, 1.82) is 0 Å². The number of carboxylic acids is 1. The van der Waals surface area contributed by atoms with Crippen LogP contribution in [0.3, 0.4) is 0 Å². The lowest BCUT2D eigenvalue weighted by atomic mass is 10.0. The number of aliphatic carboxylic acids is 1. The number of hydrogen-bond acceptors (Lipinski definition) is 3. The second-order valence-corrected chi connectivity index (χ2v) is 5.12. The van der Waals surface area contributed by atoms with Crippen LogP contribution in [0.2, 0.25) is 0 Å². The third kappa shape index (κ3) is 4.10. The van der Waals surface area contributed by atoms with Gasteiger partial charge in [0.15, 0.2) is 0 Å². The van der Waals surface area contributed by atoms with Gasteiger partial charge in [0.05, 0.1) is 6.42 Å². The fraction of sp³-hybridized carbons (Fsp3) is 0.917. The van der Waals surface area contributed by atoms with Crippen LogP contribution in [0.25, 0.3) is 0 Å². The first kappa shape index (κ1) is 11.9. The summed E-state index contributed by atoms with van der Waals surface area (Å²) in [6.07, 6.45) is 5.44. The van der Waals surface area contributed by atoms with Crippen LogP contribution in [0.15, 0.2) is 0 Å². The van der Waals surface area contributed by atoms with E-state index in [1.165, 1.54) is 45.3 Å². The molecule has 2 N–H and O–H groups in total. The first-order valence-corrected chi connectivity index (χ1v) is 6.41. The number of nitrogens with zero attached hydrogens (tertiary/aromatic N) is 1. The van der Waals surface area contributed by atoms with Crippen LogP contribution in [0.4, 0.5) is 0 Å². The van der Waals surface area contributed by atoms with Crippen LogP contribution in [0, 0.1) is 5.92 Å². The Labute approximate surface area is 97.0 Å². The smallest absolute Gasteiger partial charge is 0.304 e. The molecule has 2 fully saturated rings. The molecule has 0 bridgehead atoms. The molecular weight excluding hydrogens is 204 g/mol. The van der Waals surface area contributed by atoms with Gasteiger partial charge in [0.25, 0.3) is 0 Å². The molecule has 0 aromatic carbocycles. The van der Waals surface area contributed by atoms with Crippen molar-refractivity contribution in [3.8, 4) is 0 Å². The summed E-state index contributed by atoms with van der Waals surface area (Å²) in [6.45, 7) is 4.27. The Morgan fingerprint density at radius 3 is 2.50 bits per heavy atom. The maximum Gasteiger partial charge on any atom is 0.304 e. The molecule has 1 saturated carbocycles. The predicted octanol–water partition coefficient (Wildman–Crippen LogP) is 0.925. The molecular formula is C12H22N2O2. The van der Waals surface area contributed by atoms with Crippen molar-refractivity contribution >= 4 is 5.97 Å². The summed E-state index contributed by atoms with van der Waals surface area (Å²) in [6, 6.07) is 0.537. The highest BCUT2D eigenvalue weighted by molar-refractivity contribution is 5.66. The van der Waals surface area contributed by atoms with Crippen LogP contribution in [-0.2, 0) is 4.79 Å². The number of rotatable bonds is 6. The molecule has 0 unspecified atom stereocenters. The topological polar surface area (TPSA) is 52.6 Å². The number of likely N-dealkylation sites (tertiary alicyclic amines) is 1. The lowest BCUT2D eigenvalue weighted by Crippen LogP contribution is -2.43. The molecule has 1 aliphatic heterocycles. The molecule has 4 heteroatoms. The van der Waals surface area contributed by atoms with Gasteiger partial charge in [-0.05, 0) is 44.7 Å². The number of hydrogen-bond donors (Lipinski definition) is 2. The maximum atomic E-state index is 10.4. The van der Waals surface area contributed by atoms with Gasteiger partial charge in [0.2, 0.25) is 0 Å². The summed E-state index contributed by atoms with van der Waals surface area (Å²) in [5.74, 6) is 0.273. The molecule has 0 radical (unpaired) electrons. The summed E-state index contributed by atoms with van der Waals surface area (Å²) in [7, 11) is 0. The zero-order chi connectivity index (χ0) is 11.4. The zero-order valence-corrected chi connectivity index (χ0v) is 9.82. The van der Waals surface area contributed by atoms with E-state index in [-0.39, 0.29) is 6.42 Å². The van der Waals surface area contributed by atoms with Crippen molar-refractivity contribution < 1.29 is 9.90 Å². The molecule has 1 saturated heterocycles. The van der Waals surface area contributed by atoms with Crippen LogP contribution >= 0.6 is 0 Å². The minimum atomic E-state index is -0.710. The molecule has 92 valence electrons. The van der Waals surface area contributed by atoms with Gasteiger partial charge in [-0.1, -0.05) is 0 Å². The Balaban J connectivity index is 1.55. The summed E-state index contributed by atoms with van der Waals surface area (Å²) < 4.78 is 0. The van der Waals surface area contributed by atoms with Gasteiger partial charge in [-0.25, -0.2) is 0 Å². The van der Waals surface area contributed by atoms with E-state index < -0.39 is 5.97 Å². The van der Waals surface area contributed by atoms with Crippen molar-refractivity contribution in [2.24, 2.45) is 5.92 Å². The quantitative estimate of drug-likeness (QED) is 0.707. The van der Waals surface area contributed by atoms with Gasteiger partial charge in [0, 0.05) is 19.1 Å². The van der Waals surface area contributed by atoms with E-state index in [0.29, 0.717) is 12.6 Å². The molecule has 2 rings (SSSR count). The molecule has 2 aliphatic rings. The van der Waals surface area contributed by atoms with E-state index in [0.717, 1.165) is 5.92 Å². The minimum Gasteiger partial charge on any atom is -0.481 e. The van der Waals surface area contributed by atoms with Crippen molar-refractivity contribution in [3.05, 3.63) is 0 Å². The van der Waals surface area contributed by atoms with Crippen molar-refractivity contribution in [2.75, 3.05) is 26.2 Å². The van der Waals surface area contributed by atoms with E-state index in [1.54, 1.807) is 0 Å². The lowest BCUT2D eigenvalue weighted by molar-refractivity contribution is -0.136. The van der Waals surface area contributed by atoms with Gasteiger partial charge in [-0.3, -0.25) is 4.79 Å². The Bertz CT molecular complexity index is 233. The van der Waals surface area contributed by atoms with Crippen LogP contribution in [-0.4, -0.2) is 48.2 Å². The van der Waals surface area contributed by atoms with Gasteiger partial charge < -0.3 is 15.3 Å². The first-order chi connectivity index (χ1) is 7.74. The maximum absolute atomic E-state index is 10.4. The number of carbonyl (C=O) groups is 1. The van der Waals surface area contributed by atoms with Gasteiger partial charge in [-0.15, -0.1) is 0 Å². The molecule has 0 amide bonds. The molecule has 0 aromatic heterocycles. The molecule has 0 aromatic rings. The number of carboxylic acid groups (broad SMARTS) is 1. The highest BCUT2D eigenvalue weighted by Gasteiger charge is 2.26. The van der Waals surface area contributed by atoms with E-state index >= 15 is 0 Å². The largest absolute Gasteiger partial charge is 0.481 e. The lowest BCUT2D eigenvalue weighted by Gasteiger charge is -2.32. The molecule has 1 heterocycles. The van der Waals surface area contributed by atoms with E-state index in [1.807, 2.05) is 0 Å². The molecule has 0 spiro atoms. The monoisotopic (exact) mass is 226 g/mol. The summed E-state index contributed by atoms with van der Waals surface area (Å²) >= 11 is 0.